The summed E-state index contributed by atoms with van der Waals surface area (Å²) in [5.41, 5.74) is 2.61. The fourth-order valence-corrected chi connectivity index (χ4v) is 4.80. The van der Waals surface area contributed by atoms with Crippen LogP contribution in [0.15, 0.2) is 72.8 Å². The summed E-state index contributed by atoms with van der Waals surface area (Å²) >= 11 is 0. The summed E-state index contributed by atoms with van der Waals surface area (Å²) in [4.78, 5) is 4.75. The number of nitrogens with zero attached hydrogens (tertiary/aromatic N) is 2. The number of piperazine rings is 1. The van der Waals surface area contributed by atoms with Crippen LogP contribution in [0.3, 0.4) is 0 Å². The molecule has 3 aromatic carbocycles. The van der Waals surface area contributed by atoms with Gasteiger partial charge in [0.25, 0.3) is 0 Å². The Hall–Kier alpha value is -2.13. The summed E-state index contributed by atoms with van der Waals surface area (Å²) in [6.45, 7) is 5.04. The molecule has 1 N–H and O–H groups in total. The molecule has 1 atom stereocenters. The van der Waals surface area contributed by atoms with E-state index in [9.17, 15) is 13.2 Å². The average molecular weight is 572 g/mol. The first-order chi connectivity index (χ1) is 17.5. The summed E-state index contributed by atoms with van der Waals surface area (Å²) < 4.78 is 47.1. The molecule has 0 amide bonds. The van der Waals surface area contributed by atoms with Crippen molar-refractivity contribution in [3.05, 3.63) is 107 Å². The summed E-state index contributed by atoms with van der Waals surface area (Å²) in [6.07, 6.45) is 0.986. The van der Waals surface area contributed by atoms with Gasteiger partial charge < -0.3 is 14.7 Å². The number of benzene rings is 3. The zero-order valence-electron chi connectivity index (χ0n) is 21.1. The van der Waals surface area contributed by atoms with Gasteiger partial charge in [-0.3, -0.25) is 4.90 Å². The molecule has 0 radical (unpaired) electrons. The van der Waals surface area contributed by atoms with Crippen LogP contribution in [0.2, 0.25) is 0 Å². The van der Waals surface area contributed by atoms with Crippen molar-refractivity contribution in [2.75, 3.05) is 45.9 Å². The molecule has 1 unspecified atom stereocenters. The molecule has 9 heteroatoms. The highest BCUT2D eigenvalue weighted by molar-refractivity contribution is 5.85. The van der Waals surface area contributed by atoms with Crippen LogP contribution in [0, 0.1) is 17.5 Å². The van der Waals surface area contributed by atoms with Crippen molar-refractivity contribution in [1.29, 1.82) is 0 Å². The average Bonchev–Trinajstić information content (AvgIpc) is 2.90. The van der Waals surface area contributed by atoms with E-state index >= 15 is 0 Å². The molecule has 38 heavy (non-hydrogen) atoms. The van der Waals surface area contributed by atoms with Crippen LogP contribution in [0.1, 0.15) is 41.7 Å². The summed E-state index contributed by atoms with van der Waals surface area (Å²) in [5, 5.41) is 9.12. The first-order valence-electron chi connectivity index (χ1n) is 12.5. The molecule has 0 spiro atoms. The van der Waals surface area contributed by atoms with Crippen molar-refractivity contribution in [2.45, 2.75) is 25.0 Å². The number of rotatable bonds is 11. The lowest BCUT2D eigenvalue weighted by Crippen LogP contribution is -2.48. The molecule has 0 aliphatic carbocycles. The van der Waals surface area contributed by atoms with Crippen molar-refractivity contribution in [3.63, 3.8) is 0 Å². The van der Waals surface area contributed by atoms with Crippen molar-refractivity contribution in [1.82, 2.24) is 9.80 Å². The van der Waals surface area contributed by atoms with Gasteiger partial charge in [0.05, 0.1) is 0 Å². The number of ether oxygens (including phenoxy) is 1. The maximum absolute atomic E-state index is 13.6. The Morgan fingerprint density at radius 2 is 1.13 bits per heavy atom. The molecule has 208 valence electrons. The Bertz CT molecular complexity index is 1020. The predicted octanol–water partition coefficient (Wildman–Crippen LogP) is 6.18. The number of halogens is 5. The van der Waals surface area contributed by atoms with Gasteiger partial charge in [0, 0.05) is 52.0 Å². The smallest absolute Gasteiger partial charge is 0.123 e. The fourth-order valence-electron chi connectivity index (χ4n) is 4.80. The van der Waals surface area contributed by atoms with Crippen LogP contribution in [0.5, 0.6) is 0 Å². The minimum absolute atomic E-state index is 0. The van der Waals surface area contributed by atoms with Crippen LogP contribution in [0.25, 0.3) is 0 Å². The molecule has 1 saturated heterocycles. The van der Waals surface area contributed by atoms with Gasteiger partial charge in [0.1, 0.15) is 23.6 Å². The van der Waals surface area contributed by atoms with Crippen molar-refractivity contribution < 1.29 is 23.0 Å². The second kappa shape index (κ2) is 16.1. The minimum Gasteiger partial charge on any atom is -0.396 e. The summed E-state index contributed by atoms with van der Waals surface area (Å²) in [6, 6.07) is 19.0. The van der Waals surface area contributed by atoms with E-state index in [0.717, 1.165) is 55.8 Å². The molecule has 1 fully saturated rings. The zero-order chi connectivity index (χ0) is 25.3. The number of hydrogen-bond donors (Lipinski definition) is 1. The van der Waals surface area contributed by atoms with Gasteiger partial charge in [-0.15, -0.1) is 24.8 Å². The SMILES string of the molecule is Cl.Cl.OCCCN1CCN(C(CCOC(c2ccc(F)cc2)c2ccc(F)cc2)c2ccc(F)cc2)CC1. The van der Waals surface area contributed by atoms with Crippen molar-refractivity contribution >= 4 is 24.8 Å². The topological polar surface area (TPSA) is 35.9 Å². The van der Waals surface area contributed by atoms with E-state index in [1.165, 1.54) is 36.4 Å². The highest BCUT2D eigenvalue weighted by Crippen LogP contribution is 2.30. The van der Waals surface area contributed by atoms with E-state index in [4.69, 9.17) is 9.84 Å². The third-order valence-corrected chi connectivity index (χ3v) is 6.76. The molecule has 1 aliphatic rings. The van der Waals surface area contributed by atoms with Crippen LogP contribution in [-0.2, 0) is 4.74 Å². The van der Waals surface area contributed by atoms with Gasteiger partial charge in [-0.1, -0.05) is 36.4 Å². The lowest BCUT2D eigenvalue weighted by molar-refractivity contribution is 0.0409. The lowest BCUT2D eigenvalue weighted by atomic mass is 10.00. The van der Waals surface area contributed by atoms with Crippen LogP contribution in [-0.4, -0.2) is 60.8 Å². The van der Waals surface area contributed by atoms with Crippen LogP contribution in [0.4, 0.5) is 13.2 Å². The number of hydrogen-bond acceptors (Lipinski definition) is 4. The first kappa shape index (κ1) is 32.1. The van der Waals surface area contributed by atoms with Crippen molar-refractivity contribution in [3.8, 4) is 0 Å². The van der Waals surface area contributed by atoms with E-state index in [2.05, 4.69) is 9.80 Å². The Morgan fingerprint density at radius 1 is 0.684 bits per heavy atom. The van der Waals surface area contributed by atoms with E-state index in [1.54, 1.807) is 24.3 Å². The molecule has 0 aromatic heterocycles. The van der Waals surface area contributed by atoms with E-state index in [-0.39, 0.29) is 54.9 Å². The maximum atomic E-state index is 13.6. The number of aliphatic hydroxyl groups excluding tert-OH is 1. The molecule has 4 nitrogen and oxygen atoms in total. The molecular weight excluding hydrogens is 536 g/mol. The minimum atomic E-state index is -0.463. The Kier molecular flexibility index (Phi) is 13.6. The first-order valence-corrected chi connectivity index (χ1v) is 12.5. The molecule has 1 aliphatic heterocycles. The molecular formula is C29H35Cl2F3N2O2. The number of aliphatic hydroxyl groups is 1. The Balaban J connectivity index is 0.00000253. The molecule has 0 saturated carbocycles. The predicted molar refractivity (Wildman–Crippen MR) is 149 cm³/mol. The highest BCUT2D eigenvalue weighted by Gasteiger charge is 2.26. The standard InChI is InChI=1S/C29H33F3N2O2.2ClH/c30-25-8-2-22(3-9-25)28(34-18-16-33(17-19-34)15-1-20-35)14-21-36-29(23-4-10-26(31)11-5-23)24-6-12-27(32)13-7-24;;/h2-13,28-29,35H,1,14-21H2;2*1H. The molecule has 1 heterocycles. The summed E-state index contributed by atoms with van der Waals surface area (Å²) in [7, 11) is 0. The largest absolute Gasteiger partial charge is 0.396 e. The van der Waals surface area contributed by atoms with Crippen LogP contribution < -0.4 is 0 Å². The molecule has 0 bridgehead atoms. The Labute approximate surface area is 235 Å². The third kappa shape index (κ3) is 8.97. The maximum Gasteiger partial charge on any atom is 0.123 e. The zero-order valence-corrected chi connectivity index (χ0v) is 22.8. The van der Waals surface area contributed by atoms with E-state index in [0.29, 0.717) is 13.0 Å². The highest BCUT2D eigenvalue weighted by atomic mass is 35.5. The van der Waals surface area contributed by atoms with Gasteiger partial charge in [-0.2, -0.15) is 0 Å². The normalized spacial score (nSPS) is 15.1. The van der Waals surface area contributed by atoms with E-state index < -0.39 is 6.10 Å². The fraction of sp³-hybridized carbons (Fsp3) is 0.379. The van der Waals surface area contributed by atoms with Gasteiger partial charge in [0.15, 0.2) is 0 Å². The molecule has 3 aromatic rings. The van der Waals surface area contributed by atoms with Gasteiger partial charge in [-0.25, -0.2) is 13.2 Å². The third-order valence-electron chi connectivity index (χ3n) is 6.76. The van der Waals surface area contributed by atoms with Crippen molar-refractivity contribution in [2.24, 2.45) is 0 Å². The second-order valence-electron chi connectivity index (χ2n) is 9.16. The lowest BCUT2D eigenvalue weighted by Gasteiger charge is -2.39. The quantitative estimate of drug-likeness (QED) is 0.298. The molecule has 4 rings (SSSR count). The monoisotopic (exact) mass is 570 g/mol. The van der Waals surface area contributed by atoms with Gasteiger partial charge >= 0.3 is 0 Å². The van der Waals surface area contributed by atoms with E-state index in [1.807, 2.05) is 12.1 Å². The summed E-state index contributed by atoms with van der Waals surface area (Å²) in [5.74, 6) is -0.924. The Morgan fingerprint density at radius 3 is 1.58 bits per heavy atom. The van der Waals surface area contributed by atoms with Gasteiger partial charge in [-0.05, 0) is 65.9 Å². The van der Waals surface area contributed by atoms with Gasteiger partial charge in [0.2, 0.25) is 0 Å². The second-order valence-corrected chi connectivity index (χ2v) is 9.16. The van der Waals surface area contributed by atoms with Crippen LogP contribution >= 0.6 is 24.8 Å².